The van der Waals surface area contributed by atoms with Crippen LogP contribution in [-0.2, 0) is 4.57 Å². The van der Waals surface area contributed by atoms with Crippen LogP contribution in [0, 0.1) is 27.7 Å². The first-order valence-electron chi connectivity index (χ1n) is 6.32. The largest absolute Gasteiger partial charge is 0.338 e. The topological polar surface area (TPSA) is 37.3 Å². The van der Waals surface area contributed by atoms with E-state index < -0.39 is 7.37 Å². The van der Waals surface area contributed by atoms with E-state index in [0.29, 0.717) is 10.6 Å². The zero-order valence-electron chi connectivity index (χ0n) is 11.8. The zero-order valence-corrected chi connectivity index (χ0v) is 12.7. The highest BCUT2D eigenvalue weighted by Gasteiger charge is 2.28. The summed E-state index contributed by atoms with van der Waals surface area (Å²) < 4.78 is 12.9. The van der Waals surface area contributed by atoms with Gasteiger partial charge in [0.15, 0.2) is 0 Å². The summed E-state index contributed by atoms with van der Waals surface area (Å²) in [5.74, 6) is 0. The van der Waals surface area contributed by atoms with Gasteiger partial charge in [0.2, 0.25) is 0 Å². The van der Waals surface area contributed by atoms with Crippen LogP contribution in [0.25, 0.3) is 0 Å². The molecule has 0 unspecified atom stereocenters. The Labute approximate surface area is 114 Å². The third kappa shape index (κ3) is 2.39. The van der Waals surface area contributed by atoms with Crippen LogP contribution in [0.4, 0.5) is 0 Å². The Kier molecular flexibility index (Phi) is 3.66. The fraction of sp³-hybridized carbons (Fsp3) is 0.250. The monoisotopic (exact) mass is 274 g/mol. The lowest BCUT2D eigenvalue weighted by Gasteiger charge is -2.18. The van der Waals surface area contributed by atoms with Crippen molar-refractivity contribution in [1.29, 1.82) is 0 Å². The Bertz CT molecular complexity index is 619. The molecule has 0 aliphatic rings. The number of hydrogen-bond acceptors (Lipinski definition) is 1. The highest BCUT2D eigenvalue weighted by Crippen LogP contribution is 2.41. The number of rotatable bonds is 2. The molecule has 0 aromatic heterocycles. The van der Waals surface area contributed by atoms with Crippen molar-refractivity contribution in [1.82, 2.24) is 0 Å². The highest BCUT2D eigenvalue weighted by atomic mass is 31.2. The Morgan fingerprint density at radius 1 is 0.789 bits per heavy atom. The van der Waals surface area contributed by atoms with Crippen LogP contribution in [0.3, 0.4) is 0 Å². The maximum Gasteiger partial charge on any atom is 0.259 e. The molecular weight excluding hydrogens is 255 g/mol. The van der Waals surface area contributed by atoms with Gasteiger partial charge in [-0.05, 0) is 62.1 Å². The molecular formula is C16H19O2P. The Morgan fingerprint density at radius 2 is 1.16 bits per heavy atom. The number of hydrogen-bond donors (Lipinski definition) is 1. The summed E-state index contributed by atoms with van der Waals surface area (Å²) in [6.07, 6.45) is 0. The van der Waals surface area contributed by atoms with Gasteiger partial charge in [-0.1, -0.05) is 24.3 Å². The van der Waals surface area contributed by atoms with Crippen LogP contribution in [0.1, 0.15) is 22.3 Å². The summed E-state index contributed by atoms with van der Waals surface area (Å²) in [5, 5.41) is 1.09. The molecule has 0 aliphatic heterocycles. The van der Waals surface area contributed by atoms with Gasteiger partial charge in [-0.25, -0.2) is 0 Å². The molecule has 0 fully saturated rings. The lowest BCUT2D eigenvalue weighted by molar-refractivity contribution is 0.500. The van der Waals surface area contributed by atoms with Crippen LogP contribution in [0.15, 0.2) is 36.4 Å². The van der Waals surface area contributed by atoms with Crippen LogP contribution in [0.2, 0.25) is 0 Å². The molecule has 0 atom stereocenters. The van der Waals surface area contributed by atoms with Gasteiger partial charge in [-0.2, -0.15) is 0 Å². The van der Waals surface area contributed by atoms with Crippen LogP contribution in [0.5, 0.6) is 0 Å². The van der Waals surface area contributed by atoms with Gasteiger partial charge in [0.25, 0.3) is 7.37 Å². The molecule has 0 aliphatic carbocycles. The minimum Gasteiger partial charge on any atom is -0.338 e. The van der Waals surface area contributed by atoms with E-state index in [1.165, 1.54) is 0 Å². The fourth-order valence-electron chi connectivity index (χ4n) is 2.26. The van der Waals surface area contributed by atoms with E-state index in [-0.39, 0.29) is 0 Å². The van der Waals surface area contributed by atoms with Gasteiger partial charge in [-0.15, -0.1) is 0 Å². The minimum absolute atomic E-state index is 0.543. The summed E-state index contributed by atoms with van der Waals surface area (Å²) in [7, 11) is -3.53. The minimum atomic E-state index is -3.53. The SMILES string of the molecule is Cc1cccc(P(=O)(O)c2cccc(C)c2C)c1C. The Morgan fingerprint density at radius 3 is 1.53 bits per heavy atom. The van der Waals surface area contributed by atoms with Gasteiger partial charge >= 0.3 is 0 Å². The molecule has 0 saturated carbocycles. The van der Waals surface area contributed by atoms with Crippen molar-refractivity contribution >= 4 is 18.0 Å². The van der Waals surface area contributed by atoms with Gasteiger partial charge in [-0.3, -0.25) is 4.57 Å². The Balaban J connectivity index is 2.69. The fourth-order valence-corrected chi connectivity index (χ4v) is 4.36. The highest BCUT2D eigenvalue weighted by molar-refractivity contribution is 7.73. The lowest BCUT2D eigenvalue weighted by atomic mass is 10.1. The summed E-state index contributed by atoms with van der Waals surface area (Å²) in [4.78, 5) is 10.6. The quantitative estimate of drug-likeness (QED) is 0.854. The first-order valence-corrected chi connectivity index (χ1v) is 7.98. The molecule has 19 heavy (non-hydrogen) atoms. The predicted octanol–water partition coefficient (Wildman–Crippen LogP) is 3.14. The van der Waals surface area contributed by atoms with Crippen molar-refractivity contribution in [2.24, 2.45) is 0 Å². The molecule has 0 heterocycles. The van der Waals surface area contributed by atoms with Crippen molar-refractivity contribution < 1.29 is 9.46 Å². The van der Waals surface area contributed by atoms with Crippen molar-refractivity contribution in [3.63, 3.8) is 0 Å². The molecule has 0 amide bonds. The van der Waals surface area contributed by atoms with Crippen LogP contribution < -0.4 is 10.6 Å². The van der Waals surface area contributed by atoms with E-state index in [1.54, 1.807) is 12.1 Å². The molecule has 0 spiro atoms. The van der Waals surface area contributed by atoms with E-state index in [0.717, 1.165) is 22.3 Å². The van der Waals surface area contributed by atoms with Crippen molar-refractivity contribution in [2.45, 2.75) is 27.7 Å². The van der Waals surface area contributed by atoms with Gasteiger partial charge in [0.1, 0.15) is 0 Å². The second-order valence-electron chi connectivity index (χ2n) is 5.01. The average Bonchev–Trinajstić information content (AvgIpc) is 2.35. The molecule has 0 saturated heterocycles. The van der Waals surface area contributed by atoms with Crippen molar-refractivity contribution in [2.75, 3.05) is 0 Å². The van der Waals surface area contributed by atoms with Gasteiger partial charge < -0.3 is 4.89 Å². The summed E-state index contributed by atoms with van der Waals surface area (Å²) in [6.45, 7) is 7.72. The average molecular weight is 274 g/mol. The second-order valence-corrected chi connectivity index (χ2v) is 7.13. The van der Waals surface area contributed by atoms with Gasteiger partial charge in [0, 0.05) is 10.6 Å². The lowest BCUT2D eigenvalue weighted by Crippen LogP contribution is -2.21. The van der Waals surface area contributed by atoms with E-state index in [4.69, 9.17) is 0 Å². The Hall–Kier alpha value is -1.37. The smallest absolute Gasteiger partial charge is 0.259 e. The predicted molar refractivity (Wildman–Crippen MR) is 80.9 cm³/mol. The maximum atomic E-state index is 12.9. The normalized spacial score (nSPS) is 11.6. The first-order chi connectivity index (χ1) is 8.85. The van der Waals surface area contributed by atoms with E-state index >= 15 is 0 Å². The molecule has 0 radical (unpaired) electrons. The number of aryl methyl sites for hydroxylation is 2. The molecule has 2 aromatic rings. The molecule has 1 N–H and O–H groups in total. The third-order valence-electron chi connectivity index (χ3n) is 3.81. The first kappa shape index (κ1) is 14.0. The van der Waals surface area contributed by atoms with Crippen molar-refractivity contribution in [3.05, 3.63) is 58.7 Å². The molecule has 0 bridgehead atoms. The standard InChI is InChI=1S/C16H19O2P/c1-11-7-5-9-15(13(11)3)19(17,18)16-10-6-8-12(2)14(16)4/h5-10H,1-4H3,(H,17,18). The summed E-state index contributed by atoms with van der Waals surface area (Å²) in [5.41, 5.74) is 3.87. The zero-order chi connectivity index (χ0) is 14.2. The summed E-state index contributed by atoms with van der Waals surface area (Å²) in [6, 6.07) is 11.1. The van der Waals surface area contributed by atoms with Crippen molar-refractivity contribution in [3.8, 4) is 0 Å². The van der Waals surface area contributed by atoms with Crippen LogP contribution >= 0.6 is 7.37 Å². The second kappa shape index (κ2) is 4.96. The van der Waals surface area contributed by atoms with E-state index in [2.05, 4.69) is 0 Å². The van der Waals surface area contributed by atoms with Gasteiger partial charge in [0.05, 0.1) is 0 Å². The number of benzene rings is 2. The van der Waals surface area contributed by atoms with E-state index in [1.807, 2.05) is 52.0 Å². The molecule has 2 aromatic carbocycles. The third-order valence-corrected chi connectivity index (χ3v) is 6.08. The van der Waals surface area contributed by atoms with Crippen LogP contribution in [-0.4, -0.2) is 4.89 Å². The van der Waals surface area contributed by atoms with E-state index in [9.17, 15) is 9.46 Å². The molecule has 100 valence electrons. The maximum absolute atomic E-state index is 12.9. The summed E-state index contributed by atoms with van der Waals surface area (Å²) >= 11 is 0. The molecule has 2 nitrogen and oxygen atoms in total. The molecule has 3 heteroatoms. The molecule has 2 rings (SSSR count).